The minimum absolute atomic E-state index is 0.0790. The summed E-state index contributed by atoms with van der Waals surface area (Å²) >= 11 is 0. The first kappa shape index (κ1) is 21.6. The van der Waals surface area contributed by atoms with E-state index in [1.165, 1.54) is 5.56 Å². The molecule has 2 amide bonds. The van der Waals surface area contributed by atoms with Gasteiger partial charge in [0.2, 0.25) is 11.8 Å². The number of urea groups is 1. The van der Waals surface area contributed by atoms with Crippen LogP contribution in [0.1, 0.15) is 29.3 Å². The summed E-state index contributed by atoms with van der Waals surface area (Å²) in [5.41, 5.74) is 4.13. The summed E-state index contributed by atoms with van der Waals surface area (Å²) in [5, 5.41) is 2.88. The maximum absolute atomic E-state index is 12.4. The molecule has 1 aliphatic rings. The normalized spacial score (nSPS) is 12.8. The van der Waals surface area contributed by atoms with Gasteiger partial charge in [-0.05, 0) is 31.5 Å². The molecule has 0 radical (unpaired) electrons. The number of ether oxygens (including phenoxy) is 1. The summed E-state index contributed by atoms with van der Waals surface area (Å²) < 4.78 is 6.22. The second kappa shape index (κ2) is 9.68. The van der Waals surface area contributed by atoms with Crippen molar-refractivity contribution in [2.45, 2.75) is 33.4 Å². The predicted octanol–water partition coefficient (Wildman–Crippen LogP) is 4.30. The van der Waals surface area contributed by atoms with Crippen LogP contribution in [0.5, 0.6) is 11.6 Å². The van der Waals surface area contributed by atoms with E-state index in [9.17, 15) is 4.79 Å². The smallest absolute Gasteiger partial charge is 0.317 e. The Morgan fingerprint density at radius 2 is 1.88 bits per heavy atom. The summed E-state index contributed by atoms with van der Waals surface area (Å²) in [4.78, 5) is 25.8. The molecule has 7 nitrogen and oxygen atoms in total. The largest absolute Gasteiger partial charge is 0.438 e. The molecule has 7 heteroatoms. The van der Waals surface area contributed by atoms with Crippen LogP contribution < -0.4 is 15.0 Å². The van der Waals surface area contributed by atoms with Gasteiger partial charge in [0, 0.05) is 33.1 Å². The number of hydrogen-bond donors (Lipinski definition) is 1. The van der Waals surface area contributed by atoms with Crippen molar-refractivity contribution < 1.29 is 9.53 Å². The van der Waals surface area contributed by atoms with Crippen LogP contribution in [0.15, 0.2) is 54.6 Å². The number of amides is 2. The number of rotatable bonds is 6. The fraction of sp³-hybridized carbons (Fsp3) is 0.320. The average Bonchev–Trinajstić information content (AvgIpc) is 2.81. The lowest BCUT2D eigenvalue weighted by molar-refractivity contribution is 0.191. The zero-order valence-electron chi connectivity index (χ0n) is 18.8. The molecular formula is C25H29N5O2. The molecule has 2 aromatic carbocycles. The first-order valence-corrected chi connectivity index (χ1v) is 11.0. The number of fused-ring (bicyclic) bond motifs is 1. The van der Waals surface area contributed by atoms with Crippen LogP contribution in [0.3, 0.4) is 0 Å². The van der Waals surface area contributed by atoms with Crippen LogP contribution in [0.25, 0.3) is 0 Å². The highest BCUT2D eigenvalue weighted by molar-refractivity contribution is 5.74. The lowest BCUT2D eigenvalue weighted by Crippen LogP contribution is -2.43. The van der Waals surface area contributed by atoms with E-state index >= 15 is 0 Å². The summed E-state index contributed by atoms with van der Waals surface area (Å²) in [6, 6.07) is 18.0. The fourth-order valence-electron chi connectivity index (χ4n) is 3.71. The number of carbonyl (C=O) groups excluding carboxylic acids is 1. The van der Waals surface area contributed by atoms with Crippen molar-refractivity contribution in [3.63, 3.8) is 0 Å². The van der Waals surface area contributed by atoms with Gasteiger partial charge in [-0.2, -0.15) is 4.98 Å². The first-order chi connectivity index (χ1) is 15.5. The molecule has 1 aliphatic heterocycles. The van der Waals surface area contributed by atoms with Gasteiger partial charge in [0.15, 0.2) is 0 Å². The van der Waals surface area contributed by atoms with Gasteiger partial charge >= 0.3 is 6.03 Å². The third-order valence-corrected chi connectivity index (χ3v) is 5.47. The number of nitrogens with one attached hydrogen (secondary N) is 1. The van der Waals surface area contributed by atoms with E-state index in [1.54, 1.807) is 4.90 Å². The van der Waals surface area contributed by atoms with E-state index in [2.05, 4.69) is 17.4 Å². The second-order valence-corrected chi connectivity index (χ2v) is 8.02. The summed E-state index contributed by atoms with van der Waals surface area (Å²) in [5.74, 6) is 1.83. The highest BCUT2D eigenvalue weighted by atomic mass is 16.5. The highest BCUT2D eigenvalue weighted by Crippen LogP contribution is 2.31. The van der Waals surface area contributed by atoms with Crippen LogP contribution in [0, 0.1) is 6.92 Å². The van der Waals surface area contributed by atoms with Gasteiger partial charge in [0.25, 0.3) is 0 Å². The first-order valence-electron chi connectivity index (χ1n) is 11.0. The van der Waals surface area contributed by atoms with Gasteiger partial charge in [0.05, 0.1) is 17.8 Å². The molecule has 3 aromatic rings. The van der Waals surface area contributed by atoms with Crippen molar-refractivity contribution in [2.24, 2.45) is 0 Å². The van der Waals surface area contributed by atoms with Crippen molar-refractivity contribution in [1.29, 1.82) is 0 Å². The molecule has 0 bridgehead atoms. The third kappa shape index (κ3) is 4.99. The topological polar surface area (TPSA) is 70.6 Å². The summed E-state index contributed by atoms with van der Waals surface area (Å²) in [6.07, 6.45) is 0.658. The minimum Gasteiger partial charge on any atom is -0.438 e. The van der Waals surface area contributed by atoms with Crippen LogP contribution in [-0.4, -0.2) is 41.0 Å². The van der Waals surface area contributed by atoms with Crippen molar-refractivity contribution in [3.05, 3.63) is 77.0 Å². The number of aromatic nitrogens is 2. The van der Waals surface area contributed by atoms with Gasteiger partial charge in [-0.1, -0.05) is 48.0 Å². The molecule has 0 saturated carbocycles. The number of benzene rings is 2. The Morgan fingerprint density at radius 1 is 1.12 bits per heavy atom. The fourth-order valence-corrected chi connectivity index (χ4v) is 3.71. The van der Waals surface area contributed by atoms with Crippen LogP contribution in [0.2, 0.25) is 0 Å². The van der Waals surface area contributed by atoms with Crippen LogP contribution in [-0.2, 0) is 19.5 Å². The lowest BCUT2D eigenvalue weighted by Gasteiger charge is -2.30. The molecule has 1 aromatic heterocycles. The van der Waals surface area contributed by atoms with Gasteiger partial charge in [-0.3, -0.25) is 0 Å². The molecule has 1 N–H and O–H groups in total. The molecule has 166 valence electrons. The van der Waals surface area contributed by atoms with E-state index in [0.29, 0.717) is 50.2 Å². The highest BCUT2D eigenvalue weighted by Gasteiger charge is 2.27. The molecule has 4 rings (SSSR count). The Labute approximate surface area is 189 Å². The Bertz CT molecular complexity index is 1070. The Kier molecular flexibility index (Phi) is 6.54. The second-order valence-electron chi connectivity index (χ2n) is 8.02. The number of carbonyl (C=O) groups is 1. The molecule has 0 atom stereocenters. The standard InChI is InChI=1S/C25H29N5O2/c1-4-26-25(31)30-15-14-22-21(17-30)23(32-20-12-10-18(2)11-13-20)28-24(27-22)29(3)16-19-8-6-5-7-9-19/h5-13H,4,14-17H2,1-3H3,(H,26,31). The van der Waals surface area contributed by atoms with E-state index < -0.39 is 0 Å². The SMILES string of the molecule is CCNC(=O)N1CCc2nc(N(C)Cc3ccccc3)nc(Oc3ccc(C)cc3)c2C1. The van der Waals surface area contributed by atoms with Crippen LogP contribution >= 0.6 is 0 Å². The van der Waals surface area contributed by atoms with Gasteiger partial charge < -0.3 is 19.9 Å². The van der Waals surface area contributed by atoms with Gasteiger partial charge in [-0.25, -0.2) is 9.78 Å². The number of aryl methyl sites for hydroxylation is 1. The zero-order valence-corrected chi connectivity index (χ0v) is 18.8. The average molecular weight is 432 g/mol. The monoisotopic (exact) mass is 431 g/mol. The van der Waals surface area contributed by atoms with Crippen molar-refractivity contribution in [2.75, 3.05) is 25.0 Å². The summed E-state index contributed by atoms with van der Waals surface area (Å²) in [7, 11) is 1.98. The predicted molar refractivity (Wildman–Crippen MR) is 125 cm³/mol. The quantitative estimate of drug-likeness (QED) is 0.630. The Balaban J connectivity index is 1.66. The molecule has 0 saturated heterocycles. The zero-order chi connectivity index (χ0) is 22.5. The Morgan fingerprint density at radius 3 is 2.59 bits per heavy atom. The van der Waals surface area contributed by atoms with Gasteiger partial charge in [-0.15, -0.1) is 0 Å². The summed E-state index contributed by atoms with van der Waals surface area (Å²) in [6.45, 7) is 6.27. The molecule has 0 aliphatic carbocycles. The lowest BCUT2D eigenvalue weighted by atomic mass is 10.1. The van der Waals surface area contributed by atoms with Crippen molar-refractivity contribution in [1.82, 2.24) is 20.2 Å². The molecular weight excluding hydrogens is 402 g/mol. The number of anilines is 1. The molecule has 0 fully saturated rings. The van der Waals surface area contributed by atoms with Crippen LogP contribution in [0.4, 0.5) is 10.7 Å². The van der Waals surface area contributed by atoms with E-state index in [1.807, 2.05) is 68.3 Å². The van der Waals surface area contributed by atoms with E-state index in [0.717, 1.165) is 16.8 Å². The van der Waals surface area contributed by atoms with Crippen molar-refractivity contribution in [3.8, 4) is 11.6 Å². The van der Waals surface area contributed by atoms with Gasteiger partial charge in [0.1, 0.15) is 5.75 Å². The minimum atomic E-state index is -0.0790. The number of hydrogen-bond acceptors (Lipinski definition) is 5. The van der Waals surface area contributed by atoms with Crippen molar-refractivity contribution >= 4 is 12.0 Å². The molecule has 0 unspecified atom stereocenters. The third-order valence-electron chi connectivity index (χ3n) is 5.47. The maximum Gasteiger partial charge on any atom is 0.317 e. The molecule has 2 heterocycles. The van der Waals surface area contributed by atoms with E-state index in [-0.39, 0.29) is 6.03 Å². The maximum atomic E-state index is 12.4. The molecule has 32 heavy (non-hydrogen) atoms. The van der Waals surface area contributed by atoms with E-state index in [4.69, 9.17) is 14.7 Å². The molecule has 0 spiro atoms. The number of nitrogens with zero attached hydrogens (tertiary/aromatic N) is 4. The Hall–Kier alpha value is -3.61.